The molecule has 3 N–H and O–H groups in total. The average Bonchev–Trinajstić information content (AvgIpc) is 2.32. The smallest absolute Gasteiger partial charge is 0.220 e. The van der Waals surface area contributed by atoms with E-state index in [0.717, 1.165) is 24.3 Å². The third-order valence-electron chi connectivity index (χ3n) is 2.47. The fourth-order valence-corrected chi connectivity index (χ4v) is 1.93. The van der Waals surface area contributed by atoms with Crippen molar-refractivity contribution >= 4 is 23.4 Å². The molecule has 94 valence electrons. The van der Waals surface area contributed by atoms with Gasteiger partial charge >= 0.3 is 0 Å². The van der Waals surface area contributed by atoms with Crippen LogP contribution in [0.15, 0.2) is 24.3 Å². The Morgan fingerprint density at radius 3 is 2.71 bits per heavy atom. The van der Waals surface area contributed by atoms with Crippen LogP contribution in [0.2, 0.25) is 0 Å². The molecule has 0 aliphatic carbocycles. The second-order valence-corrected chi connectivity index (χ2v) is 4.92. The number of nitrogens with two attached hydrogens (primary N) is 1. The molecule has 1 aromatic rings. The molecule has 0 radical (unpaired) electrons. The lowest BCUT2D eigenvalue weighted by Crippen LogP contribution is -2.25. The maximum atomic E-state index is 11.4. The molecule has 0 bridgehead atoms. The van der Waals surface area contributed by atoms with Crippen molar-refractivity contribution in [1.29, 1.82) is 0 Å². The van der Waals surface area contributed by atoms with E-state index in [4.69, 9.17) is 5.73 Å². The zero-order chi connectivity index (χ0) is 12.5. The second kappa shape index (κ2) is 8.01. The van der Waals surface area contributed by atoms with Crippen LogP contribution in [0.3, 0.4) is 0 Å². The third kappa shape index (κ3) is 6.22. The molecule has 0 aliphatic heterocycles. The first-order valence-electron chi connectivity index (χ1n) is 5.82. The number of nitrogen functional groups attached to an aromatic ring is 1. The molecule has 0 spiro atoms. The van der Waals surface area contributed by atoms with Crippen LogP contribution in [0, 0.1) is 0 Å². The zero-order valence-electron chi connectivity index (χ0n) is 10.2. The van der Waals surface area contributed by atoms with Crippen molar-refractivity contribution in [2.24, 2.45) is 0 Å². The van der Waals surface area contributed by atoms with Crippen LogP contribution in [0.5, 0.6) is 0 Å². The SMILES string of the molecule is CSCCCC(=O)NCCc1ccc(N)cc1. The summed E-state index contributed by atoms with van der Waals surface area (Å²) in [6, 6.07) is 7.76. The summed E-state index contributed by atoms with van der Waals surface area (Å²) in [5, 5.41) is 2.93. The minimum atomic E-state index is 0.148. The molecule has 4 heteroatoms. The normalized spacial score (nSPS) is 10.2. The molecular formula is C13H20N2OS. The predicted octanol–water partition coefficient (Wildman–Crippen LogP) is 2.07. The van der Waals surface area contributed by atoms with E-state index in [1.807, 2.05) is 24.3 Å². The summed E-state index contributed by atoms with van der Waals surface area (Å²) in [6.07, 6.45) is 4.49. The van der Waals surface area contributed by atoms with E-state index in [9.17, 15) is 4.79 Å². The van der Waals surface area contributed by atoms with E-state index < -0.39 is 0 Å². The standard InChI is InChI=1S/C13H20N2OS/c1-17-10-2-3-13(16)15-9-8-11-4-6-12(14)7-5-11/h4-7H,2-3,8-10,14H2,1H3,(H,15,16). The number of hydrogen-bond donors (Lipinski definition) is 2. The summed E-state index contributed by atoms with van der Waals surface area (Å²) < 4.78 is 0. The van der Waals surface area contributed by atoms with Crippen LogP contribution in [0.1, 0.15) is 18.4 Å². The highest BCUT2D eigenvalue weighted by atomic mass is 32.2. The fourth-order valence-electron chi connectivity index (χ4n) is 1.50. The van der Waals surface area contributed by atoms with Gasteiger partial charge in [-0.3, -0.25) is 4.79 Å². The molecular weight excluding hydrogens is 232 g/mol. The lowest BCUT2D eigenvalue weighted by molar-refractivity contribution is -0.121. The number of benzene rings is 1. The first kappa shape index (κ1) is 13.9. The van der Waals surface area contributed by atoms with E-state index >= 15 is 0 Å². The topological polar surface area (TPSA) is 55.1 Å². The van der Waals surface area contributed by atoms with Gasteiger partial charge in [0.25, 0.3) is 0 Å². The van der Waals surface area contributed by atoms with Gasteiger partial charge in [0.05, 0.1) is 0 Å². The highest BCUT2D eigenvalue weighted by Crippen LogP contribution is 2.05. The Morgan fingerprint density at radius 2 is 2.06 bits per heavy atom. The molecule has 1 rings (SSSR count). The summed E-state index contributed by atoms with van der Waals surface area (Å²) in [5.74, 6) is 1.19. The molecule has 1 amide bonds. The molecule has 0 aliphatic rings. The second-order valence-electron chi connectivity index (χ2n) is 3.94. The Balaban J connectivity index is 2.14. The van der Waals surface area contributed by atoms with Gasteiger partial charge in [-0.25, -0.2) is 0 Å². The largest absolute Gasteiger partial charge is 0.399 e. The first-order valence-corrected chi connectivity index (χ1v) is 7.22. The van der Waals surface area contributed by atoms with Crippen LogP contribution >= 0.6 is 11.8 Å². The van der Waals surface area contributed by atoms with Crippen molar-refractivity contribution in [3.05, 3.63) is 29.8 Å². The summed E-state index contributed by atoms with van der Waals surface area (Å²) in [7, 11) is 0. The number of amides is 1. The Hall–Kier alpha value is -1.16. The van der Waals surface area contributed by atoms with E-state index in [1.165, 1.54) is 5.56 Å². The Morgan fingerprint density at radius 1 is 1.35 bits per heavy atom. The number of rotatable bonds is 7. The number of carbonyl (C=O) groups excluding carboxylic acids is 1. The van der Waals surface area contributed by atoms with Crippen LogP contribution in [0.25, 0.3) is 0 Å². The molecule has 1 aromatic carbocycles. The van der Waals surface area contributed by atoms with Gasteiger partial charge in [-0.15, -0.1) is 0 Å². The number of carbonyl (C=O) groups is 1. The average molecular weight is 252 g/mol. The minimum Gasteiger partial charge on any atom is -0.399 e. The van der Waals surface area contributed by atoms with Gasteiger partial charge < -0.3 is 11.1 Å². The fraction of sp³-hybridized carbons (Fsp3) is 0.462. The summed E-state index contributed by atoms with van der Waals surface area (Å²) in [4.78, 5) is 11.4. The highest BCUT2D eigenvalue weighted by Gasteiger charge is 2.00. The van der Waals surface area contributed by atoms with Crippen molar-refractivity contribution in [2.45, 2.75) is 19.3 Å². The highest BCUT2D eigenvalue weighted by molar-refractivity contribution is 7.98. The molecule has 0 aromatic heterocycles. The quantitative estimate of drug-likeness (QED) is 0.577. The Bertz CT molecular complexity index is 338. The molecule has 0 fully saturated rings. The van der Waals surface area contributed by atoms with E-state index in [0.29, 0.717) is 13.0 Å². The Kier molecular flexibility index (Phi) is 6.55. The first-order chi connectivity index (χ1) is 8.22. The van der Waals surface area contributed by atoms with Crippen molar-refractivity contribution < 1.29 is 4.79 Å². The third-order valence-corrected chi connectivity index (χ3v) is 3.16. The van der Waals surface area contributed by atoms with Crippen LogP contribution < -0.4 is 11.1 Å². The van der Waals surface area contributed by atoms with Gasteiger partial charge in [0, 0.05) is 18.7 Å². The van der Waals surface area contributed by atoms with Gasteiger partial charge in [-0.05, 0) is 42.5 Å². The van der Waals surface area contributed by atoms with Crippen molar-refractivity contribution in [3.8, 4) is 0 Å². The van der Waals surface area contributed by atoms with Gasteiger partial charge in [-0.1, -0.05) is 12.1 Å². The number of anilines is 1. The molecule has 0 unspecified atom stereocenters. The number of hydrogen-bond acceptors (Lipinski definition) is 3. The number of nitrogens with one attached hydrogen (secondary N) is 1. The minimum absolute atomic E-state index is 0.148. The maximum absolute atomic E-state index is 11.4. The van der Waals surface area contributed by atoms with Gasteiger partial charge in [0.2, 0.25) is 5.91 Å². The van der Waals surface area contributed by atoms with Gasteiger partial charge in [0.15, 0.2) is 0 Å². The van der Waals surface area contributed by atoms with Crippen LogP contribution in [-0.2, 0) is 11.2 Å². The van der Waals surface area contributed by atoms with Gasteiger partial charge in [-0.2, -0.15) is 11.8 Å². The summed E-state index contributed by atoms with van der Waals surface area (Å²) >= 11 is 1.77. The molecule has 0 heterocycles. The van der Waals surface area contributed by atoms with Crippen molar-refractivity contribution in [3.63, 3.8) is 0 Å². The van der Waals surface area contributed by atoms with E-state index in [-0.39, 0.29) is 5.91 Å². The van der Waals surface area contributed by atoms with Crippen LogP contribution in [0.4, 0.5) is 5.69 Å². The lowest BCUT2D eigenvalue weighted by atomic mass is 10.1. The van der Waals surface area contributed by atoms with Gasteiger partial charge in [0.1, 0.15) is 0 Å². The Labute approximate surface area is 107 Å². The van der Waals surface area contributed by atoms with E-state index in [1.54, 1.807) is 11.8 Å². The molecule has 17 heavy (non-hydrogen) atoms. The van der Waals surface area contributed by atoms with Crippen molar-refractivity contribution in [2.75, 3.05) is 24.3 Å². The lowest BCUT2D eigenvalue weighted by Gasteiger charge is -2.05. The summed E-state index contributed by atoms with van der Waals surface area (Å²) in [5.41, 5.74) is 7.57. The van der Waals surface area contributed by atoms with Crippen LogP contribution in [-0.4, -0.2) is 24.5 Å². The summed E-state index contributed by atoms with van der Waals surface area (Å²) in [6.45, 7) is 0.696. The maximum Gasteiger partial charge on any atom is 0.220 e. The monoisotopic (exact) mass is 252 g/mol. The molecule has 0 atom stereocenters. The number of thioether (sulfide) groups is 1. The molecule has 0 saturated carbocycles. The van der Waals surface area contributed by atoms with E-state index in [2.05, 4.69) is 11.6 Å². The molecule has 0 saturated heterocycles. The molecule has 3 nitrogen and oxygen atoms in total. The zero-order valence-corrected chi connectivity index (χ0v) is 11.1. The van der Waals surface area contributed by atoms with Crippen molar-refractivity contribution in [1.82, 2.24) is 5.32 Å². The predicted molar refractivity (Wildman–Crippen MR) is 75.2 cm³/mol.